The summed E-state index contributed by atoms with van der Waals surface area (Å²) in [6.45, 7) is 2.02. The maximum Gasteiger partial charge on any atom is 0.267 e. The Kier molecular flexibility index (Phi) is 4.33. The first-order valence-corrected chi connectivity index (χ1v) is 6.41. The number of carbonyl (C=O) groups is 3. The highest BCUT2D eigenvalue weighted by Crippen LogP contribution is 2.09. The number of nitrogens with zero attached hydrogens (tertiary/aromatic N) is 1. The van der Waals surface area contributed by atoms with Crippen molar-refractivity contribution in [3.63, 3.8) is 0 Å². The Bertz CT molecular complexity index is 481. The fourth-order valence-electron chi connectivity index (χ4n) is 2.12. The van der Waals surface area contributed by atoms with Crippen molar-refractivity contribution in [3.8, 4) is 0 Å². The molecule has 2 heterocycles. The SMILES string of the molecule is O=Cc1ccc(C(=O)NCCCN2CCCC2=O)[nH]1. The summed E-state index contributed by atoms with van der Waals surface area (Å²) in [6.07, 6.45) is 2.97. The summed E-state index contributed by atoms with van der Waals surface area (Å²) in [7, 11) is 0. The molecular weight excluding hydrogens is 246 g/mol. The molecule has 1 aromatic rings. The summed E-state index contributed by atoms with van der Waals surface area (Å²) in [4.78, 5) is 38.1. The Labute approximate surface area is 111 Å². The van der Waals surface area contributed by atoms with Crippen molar-refractivity contribution >= 4 is 18.1 Å². The second-order valence-electron chi connectivity index (χ2n) is 4.54. The number of hydrogen-bond acceptors (Lipinski definition) is 3. The highest BCUT2D eigenvalue weighted by molar-refractivity contribution is 5.93. The lowest BCUT2D eigenvalue weighted by molar-refractivity contribution is -0.127. The van der Waals surface area contributed by atoms with Crippen molar-refractivity contribution in [2.45, 2.75) is 19.3 Å². The lowest BCUT2D eigenvalue weighted by atomic mass is 10.3. The number of rotatable bonds is 6. The summed E-state index contributed by atoms with van der Waals surface area (Å²) in [6, 6.07) is 3.13. The van der Waals surface area contributed by atoms with Crippen LogP contribution in [-0.2, 0) is 4.79 Å². The Morgan fingerprint density at radius 3 is 2.95 bits per heavy atom. The van der Waals surface area contributed by atoms with Gasteiger partial charge in [0.25, 0.3) is 5.91 Å². The van der Waals surface area contributed by atoms with Crippen LogP contribution in [0.2, 0.25) is 0 Å². The highest BCUT2D eigenvalue weighted by atomic mass is 16.2. The summed E-state index contributed by atoms with van der Waals surface area (Å²) in [5, 5.41) is 2.75. The van der Waals surface area contributed by atoms with E-state index in [0.717, 1.165) is 19.4 Å². The molecule has 102 valence electrons. The van der Waals surface area contributed by atoms with E-state index in [1.165, 1.54) is 0 Å². The molecule has 2 rings (SSSR count). The van der Waals surface area contributed by atoms with Crippen molar-refractivity contribution in [3.05, 3.63) is 23.5 Å². The van der Waals surface area contributed by atoms with Crippen LogP contribution in [0.15, 0.2) is 12.1 Å². The first-order valence-electron chi connectivity index (χ1n) is 6.41. The predicted octanol–water partition coefficient (Wildman–Crippen LogP) is 0.569. The minimum absolute atomic E-state index is 0.200. The molecule has 6 heteroatoms. The molecule has 0 atom stereocenters. The second kappa shape index (κ2) is 6.17. The zero-order chi connectivity index (χ0) is 13.7. The molecule has 6 nitrogen and oxygen atoms in total. The van der Waals surface area contributed by atoms with Crippen molar-refractivity contribution in [2.24, 2.45) is 0 Å². The number of carbonyl (C=O) groups excluding carboxylic acids is 3. The molecule has 2 amide bonds. The summed E-state index contributed by atoms with van der Waals surface area (Å²) < 4.78 is 0. The molecule has 1 saturated heterocycles. The molecule has 19 heavy (non-hydrogen) atoms. The molecular formula is C13H17N3O3. The first-order chi connectivity index (χ1) is 9.20. The van der Waals surface area contributed by atoms with Gasteiger partial charge in [0.15, 0.2) is 6.29 Å². The van der Waals surface area contributed by atoms with Crippen LogP contribution in [0, 0.1) is 0 Å². The minimum Gasteiger partial charge on any atom is -0.351 e. The van der Waals surface area contributed by atoms with Crippen molar-refractivity contribution in [1.29, 1.82) is 0 Å². The lowest BCUT2D eigenvalue weighted by Crippen LogP contribution is -2.30. The molecule has 0 spiro atoms. The third-order valence-corrected chi connectivity index (χ3v) is 3.14. The average molecular weight is 263 g/mol. The average Bonchev–Trinajstić information content (AvgIpc) is 3.03. The third kappa shape index (κ3) is 3.43. The van der Waals surface area contributed by atoms with E-state index in [1.807, 2.05) is 4.90 Å². The fraction of sp³-hybridized carbons (Fsp3) is 0.462. The molecule has 0 unspecified atom stereocenters. The highest BCUT2D eigenvalue weighted by Gasteiger charge is 2.19. The Hall–Kier alpha value is -2.11. The quantitative estimate of drug-likeness (QED) is 0.581. The van der Waals surface area contributed by atoms with Crippen LogP contribution >= 0.6 is 0 Å². The maximum absolute atomic E-state index is 11.7. The molecule has 1 aliphatic rings. The van der Waals surface area contributed by atoms with Crippen LogP contribution in [0.1, 0.15) is 40.2 Å². The van der Waals surface area contributed by atoms with E-state index in [4.69, 9.17) is 0 Å². The monoisotopic (exact) mass is 263 g/mol. The van der Waals surface area contributed by atoms with Gasteiger partial charge in [0.05, 0.1) is 5.69 Å². The number of H-pyrrole nitrogens is 1. The van der Waals surface area contributed by atoms with Gasteiger partial charge in [0.1, 0.15) is 5.69 Å². The van der Waals surface area contributed by atoms with Crippen molar-refractivity contribution in [1.82, 2.24) is 15.2 Å². The number of nitrogens with one attached hydrogen (secondary N) is 2. The van der Waals surface area contributed by atoms with Crippen LogP contribution in [0.3, 0.4) is 0 Å². The number of aldehydes is 1. The van der Waals surface area contributed by atoms with Gasteiger partial charge in [-0.1, -0.05) is 0 Å². The van der Waals surface area contributed by atoms with Gasteiger partial charge >= 0.3 is 0 Å². The fourth-order valence-corrected chi connectivity index (χ4v) is 2.12. The van der Waals surface area contributed by atoms with E-state index in [0.29, 0.717) is 37.2 Å². The van der Waals surface area contributed by atoms with E-state index >= 15 is 0 Å². The van der Waals surface area contributed by atoms with E-state index in [1.54, 1.807) is 12.1 Å². The van der Waals surface area contributed by atoms with Crippen molar-refractivity contribution < 1.29 is 14.4 Å². The minimum atomic E-state index is -0.235. The van der Waals surface area contributed by atoms with E-state index in [2.05, 4.69) is 10.3 Å². The molecule has 1 aromatic heterocycles. The van der Waals surface area contributed by atoms with E-state index in [-0.39, 0.29) is 11.8 Å². The second-order valence-corrected chi connectivity index (χ2v) is 4.54. The van der Waals surface area contributed by atoms with Gasteiger partial charge in [0.2, 0.25) is 5.91 Å². The van der Waals surface area contributed by atoms with Gasteiger partial charge in [-0.15, -0.1) is 0 Å². The van der Waals surface area contributed by atoms with Gasteiger partial charge in [0, 0.05) is 26.1 Å². The Morgan fingerprint density at radius 1 is 1.47 bits per heavy atom. The predicted molar refractivity (Wildman–Crippen MR) is 68.9 cm³/mol. The topological polar surface area (TPSA) is 82.3 Å². The summed E-state index contributed by atoms with van der Waals surface area (Å²) in [5.74, 6) is -0.0350. The number of likely N-dealkylation sites (tertiary alicyclic amines) is 1. The zero-order valence-corrected chi connectivity index (χ0v) is 10.6. The van der Waals surface area contributed by atoms with Crippen LogP contribution in [-0.4, -0.2) is 47.6 Å². The largest absolute Gasteiger partial charge is 0.351 e. The zero-order valence-electron chi connectivity index (χ0n) is 10.6. The number of hydrogen-bond donors (Lipinski definition) is 2. The first kappa shape index (κ1) is 13.3. The number of amides is 2. The lowest BCUT2D eigenvalue weighted by Gasteiger charge is -2.15. The summed E-state index contributed by atoms with van der Waals surface area (Å²) in [5.41, 5.74) is 0.757. The molecule has 1 aliphatic heterocycles. The van der Waals surface area contributed by atoms with Crippen LogP contribution < -0.4 is 5.32 Å². The van der Waals surface area contributed by atoms with Crippen LogP contribution in [0.25, 0.3) is 0 Å². The van der Waals surface area contributed by atoms with Gasteiger partial charge in [-0.3, -0.25) is 14.4 Å². The Balaban J connectivity index is 1.69. The van der Waals surface area contributed by atoms with E-state index < -0.39 is 0 Å². The van der Waals surface area contributed by atoms with Gasteiger partial charge in [-0.25, -0.2) is 0 Å². The molecule has 2 N–H and O–H groups in total. The van der Waals surface area contributed by atoms with Gasteiger partial charge in [-0.05, 0) is 25.0 Å². The summed E-state index contributed by atoms with van der Waals surface area (Å²) >= 11 is 0. The molecule has 0 aliphatic carbocycles. The molecule has 0 bridgehead atoms. The molecule has 0 radical (unpaired) electrons. The maximum atomic E-state index is 11.7. The standard InChI is InChI=1S/C13H17N3O3/c17-9-10-4-5-11(15-10)13(19)14-6-2-8-16-7-1-3-12(16)18/h4-5,9,15H,1-3,6-8H2,(H,14,19). The smallest absolute Gasteiger partial charge is 0.267 e. The molecule has 0 aromatic carbocycles. The van der Waals surface area contributed by atoms with E-state index in [9.17, 15) is 14.4 Å². The van der Waals surface area contributed by atoms with Crippen molar-refractivity contribution in [2.75, 3.05) is 19.6 Å². The van der Waals surface area contributed by atoms with Gasteiger partial charge in [-0.2, -0.15) is 0 Å². The number of aromatic amines is 1. The Morgan fingerprint density at radius 2 is 2.32 bits per heavy atom. The number of aromatic nitrogens is 1. The van der Waals surface area contributed by atoms with Crippen LogP contribution in [0.5, 0.6) is 0 Å². The molecule has 1 fully saturated rings. The van der Waals surface area contributed by atoms with Gasteiger partial charge < -0.3 is 15.2 Å². The van der Waals surface area contributed by atoms with Crippen LogP contribution in [0.4, 0.5) is 0 Å². The normalized spacial score (nSPS) is 14.7. The molecule has 0 saturated carbocycles. The third-order valence-electron chi connectivity index (χ3n) is 3.14.